The molecular formula is C13H18N4O. The van der Waals surface area contributed by atoms with Gasteiger partial charge in [0.1, 0.15) is 17.5 Å². The van der Waals surface area contributed by atoms with E-state index < -0.39 is 0 Å². The molecule has 0 unspecified atom stereocenters. The first-order chi connectivity index (χ1) is 8.84. The highest BCUT2D eigenvalue weighted by atomic mass is 16.5. The van der Waals surface area contributed by atoms with Crippen LogP contribution in [0.2, 0.25) is 0 Å². The average molecular weight is 246 g/mol. The maximum Gasteiger partial charge on any atom is 0.262 e. The predicted molar refractivity (Wildman–Crippen MR) is 69.2 cm³/mol. The third kappa shape index (κ3) is 2.17. The van der Waals surface area contributed by atoms with E-state index in [1.54, 1.807) is 6.20 Å². The van der Waals surface area contributed by atoms with Gasteiger partial charge in [-0.05, 0) is 18.3 Å². The van der Waals surface area contributed by atoms with Gasteiger partial charge in [0, 0.05) is 6.54 Å². The Kier molecular flexibility index (Phi) is 3.13. The molecule has 5 nitrogen and oxygen atoms in total. The van der Waals surface area contributed by atoms with Crippen LogP contribution in [0.1, 0.15) is 32.6 Å². The van der Waals surface area contributed by atoms with Gasteiger partial charge in [-0.25, -0.2) is 4.98 Å². The first kappa shape index (κ1) is 11.4. The second-order valence-corrected chi connectivity index (χ2v) is 5.17. The van der Waals surface area contributed by atoms with Gasteiger partial charge in [0.05, 0.1) is 6.20 Å². The van der Waals surface area contributed by atoms with E-state index in [-0.39, 0.29) is 0 Å². The van der Waals surface area contributed by atoms with Crippen molar-refractivity contribution in [2.45, 2.75) is 32.6 Å². The lowest BCUT2D eigenvalue weighted by Crippen LogP contribution is -2.24. The quantitative estimate of drug-likeness (QED) is 0.902. The van der Waals surface area contributed by atoms with Crippen LogP contribution in [0.15, 0.2) is 17.0 Å². The second-order valence-electron chi connectivity index (χ2n) is 5.17. The zero-order chi connectivity index (χ0) is 12.4. The molecule has 3 rings (SSSR count). The fraction of sp³-hybridized carbons (Fsp3) is 0.615. The molecule has 1 saturated carbocycles. The van der Waals surface area contributed by atoms with Crippen LogP contribution >= 0.6 is 0 Å². The minimum absolute atomic E-state index is 0.546. The van der Waals surface area contributed by atoms with Crippen molar-refractivity contribution in [2.24, 2.45) is 11.8 Å². The molecule has 96 valence electrons. The smallest absolute Gasteiger partial charge is 0.262 e. The molecule has 1 aliphatic carbocycles. The van der Waals surface area contributed by atoms with E-state index in [9.17, 15) is 0 Å². The van der Waals surface area contributed by atoms with Gasteiger partial charge in [-0.3, -0.25) is 0 Å². The summed E-state index contributed by atoms with van der Waals surface area (Å²) in [5, 5.41) is 8.04. The first-order valence-electron chi connectivity index (χ1n) is 6.64. The van der Waals surface area contributed by atoms with Crippen LogP contribution in [0, 0.1) is 11.8 Å². The molecule has 2 aromatic heterocycles. The van der Waals surface area contributed by atoms with Gasteiger partial charge in [-0.2, -0.15) is 4.98 Å². The fourth-order valence-electron chi connectivity index (χ4n) is 2.76. The van der Waals surface area contributed by atoms with E-state index in [4.69, 9.17) is 4.52 Å². The Morgan fingerprint density at radius 2 is 2.22 bits per heavy atom. The van der Waals surface area contributed by atoms with Crippen molar-refractivity contribution >= 4 is 16.9 Å². The molecule has 2 atom stereocenters. The summed E-state index contributed by atoms with van der Waals surface area (Å²) in [5.41, 5.74) is 0.546. The molecule has 0 radical (unpaired) electrons. The monoisotopic (exact) mass is 246 g/mol. The summed E-state index contributed by atoms with van der Waals surface area (Å²) >= 11 is 0. The maximum absolute atomic E-state index is 5.03. The van der Waals surface area contributed by atoms with E-state index in [2.05, 4.69) is 27.4 Å². The van der Waals surface area contributed by atoms with Crippen molar-refractivity contribution in [1.29, 1.82) is 0 Å². The predicted octanol–water partition coefficient (Wildman–Crippen LogP) is 2.86. The van der Waals surface area contributed by atoms with Crippen molar-refractivity contribution < 1.29 is 4.52 Å². The first-order valence-corrected chi connectivity index (χ1v) is 6.64. The number of rotatable bonds is 3. The van der Waals surface area contributed by atoms with Crippen LogP contribution in [-0.4, -0.2) is 21.7 Å². The molecular weight excluding hydrogens is 228 g/mol. The molecule has 0 bridgehead atoms. The molecule has 1 fully saturated rings. The number of hydrogen-bond donors (Lipinski definition) is 1. The number of aromatic nitrogens is 3. The van der Waals surface area contributed by atoms with Crippen molar-refractivity contribution in [3.05, 3.63) is 12.5 Å². The van der Waals surface area contributed by atoms with E-state index >= 15 is 0 Å². The normalized spacial score (nSPS) is 24.3. The lowest BCUT2D eigenvalue weighted by atomic mass is 9.80. The van der Waals surface area contributed by atoms with E-state index in [1.165, 1.54) is 32.0 Å². The van der Waals surface area contributed by atoms with Crippen LogP contribution in [0.4, 0.5) is 5.82 Å². The Morgan fingerprint density at radius 3 is 3.11 bits per heavy atom. The van der Waals surface area contributed by atoms with Gasteiger partial charge < -0.3 is 9.84 Å². The lowest BCUT2D eigenvalue weighted by molar-refractivity contribution is 0.268. The summed E-state index contributed by atoms with van der Waals surface area (Å²) in [5.74, 6) is 2.37. The number of hydrogen-bond acceptors (Lipinski definition) is 5. The lowest BCUT2D eigenvalue weighted by Gasteiger charge is -2.28. The van der Waals surface area contributed by atoms with Gasteiger partial charge in [0.15, 0.2) is 0 Å². The Bertz CT molecular complexity index is 524. The number of fused-ring (bicyclic) bond motifs is 1. The van der Waals surface area contributed by atoms with E-state index in [1.807, 2.05) is 0 Å². The minimum atomic E-state index is 0.546. The summed E-state index contributed by atoms with van der Waals surface area (Å²) in [4.78, 5) is 8.30. The summed E-state index contributed by atoms with van der Waals surface area (Å²) in [7, 11) is 0. The molecule has 0 spiro atoms. The molecule has 0 saturated heterocycles. The zero-order valence-corrected chi connectivity index (χ0v) is 10.6. The highest BCUT2D eigenvalue weighted by Gasteiger charge is 2.21. The molecule has 18 heavy (non-hydrogen) atoms. The molecule has 0 amide bonds. The molecule has 0 aliphatic heterocycles. The largest absolute Gasteiger partial charge is 0.369 e. The third-order valence-corrected chi connectivity index (χ3v) is 3.99. The highest BCUT2D eigenvalue weighted by molar-refractivity contribution is 5.84. The van der Waals surface area contributed by atoms with Gasteiger partial charge in [-0.15, -0.1) is 0 Å². The van der Waals surface area contributed by atoms with Crippen LogP contribution in [-0.2, 0) is 0 Å². The summed E-state index contributed by atoms with van der Waals surface area (Å²) in [6.45, 7) is 3.32. The van der Waals surface area contributed by atoms with E-state index in [0.717, 1.165) is 29.6 Å². The second kappa shape index (κ2) is 4.92. The van der Waals surface area contributed by atoms with Gasteiger partial charge in [0.2, 0.25) is 0 Å². The molecule has 2 heterocycles. The Balaban J connectivity index is 1.71. The molecule has 1 aliphatic rings. The van der Waals surface area contributed by atoms with Crippen LogP contribution in [0.25, 0.3) is 11.1 Å². The highest BCUT2D eigenvalue weighted by Crippen LogP contribution is 2.30. The Labute approximate surface area is 106 Å². The van der Waals surface area contributed by atoms with Crippen molar-refractivity contribution in [3.63, 3.8) is 0 Å². The van der Waals surface area contributed by atoms with Crippen molar-refractivity contribution in [1.82, 2.24) is 15.1 Å². The van der Waals surface area contributed by atoms with Gasteiger partial charge in [-0.1, -0.05) is 31.3 Å². The molecule has 2 aromatic rings. The van der Waals surface area contributed by atoms with Crippen molar-refractivity contribution in [3.8, 4) is 0 Å². The van der Waals surface area contributed by atoms with E-state index in [0.29, 0.717) is 5.71 Å². The Hall–Kier alpha value is -1.65. The molecule has 0 aromatic carbocycles. The van der Waals surface area contributed by atoms with Gasteiger partial charge >= 0.3 is 0 Å². The average Bonchev–Trinajstić information content (AvgIpc) is 2.86. The van der Waals surface area contributed by atoms with Gasteiger partial charge in [0.25, 0.3) is 5.71 Å². The van der Waals surface area contributed by atoms with Crippen LogP contribution < -0.4 is 5.32 Å². The minimum Gasteiger partial charge on any atom is -0.369 e. The van der Waals surface area contributed by atoms with Crippen molar-refractivity contribution in [2.75, 3.05) is 11.9 Å². The fourth-order valence-corrected chi connectivity index (χ4v) is 2.76. The molecule has 1 N–H and O–H groups in total. The standard InChI is InChI=1S/C13H18N4O/c1-9-4-2-3-5-10(9)6-14-12-11-7-17-18-13(11)16-8-15-12/h7-10H,2-6H2,1H3,(H,14,15,16)/t9-,10+/m1/s1. The number of anilines is 1. The SMILES string of the molecule is C[C@@H]1CCCC[C@H]1CNc1ncnc2oncc12. The topological polar surface area (TPSA) is 63.8 Å². The van der Waals surface area contributed by atoms with Crippen LogP contribution in [0.3, 0.4) is 0 Å². The number of nitrogens with zero attached hydrogens (tertiary/aromatic N) is 3. The van der Waals surface area contributed by atoms with Crippen LogP contribution in [0.5, 0.6) is 0 Å². The summed E-state index contributed by atoms with van der Waals surface area (Å²) < 4.78 is 5.03. The third-order valence-electron chi connectivity index (χ3n) is 3.99. The number of nitrogens with one attached hydrogen (secondary N) is 1. The maximum atomic E-state index is 5.03. The Morgan fingerprint density at radius 1 is 1.33 bits per heavy atom. The summed E-state index contributed by atoms with van der Waals surface area (Å²) in [6, 6.07) is 0. The summed E-state index contributed by atoms with van der Waals surface area (Å²) in [6.07, 6.45) is 8.57. The zero-order valence-electron chi connectivity index (χ0n) is 10.6. The molecule has 5 heteroatoms.